The van der Waals surface area contributed by atoms with E-state index in [1.165, 1.54) is 12.1 Å². The van der Waals surface area contributed by atoms with Crippen molar-refractivity contribution in [3.63, 3.8) is 0 Å². The minimum atomic E-state index is -1.19. The molecule has 1 aromatic heterocycles. The number of hydrogen-bond acceptors (Lipinski definition) is 3. The Morgan fingerprint density at radius 2 is 1.77 bits per heavy atom. The predicted molar refractivity (Wildman–Crippen MR) is 99.9 cm³/mol. The monoisotopic (exact) mass is 374 g/mol. The zero-order valence-electron chi connectivity index (χ0n) is 14.4. The van der Waals surface area contributed by atoms with Crippen molar-refractivity contribution in [2.75, 3.05) is 6.61 Å². The van der Waals surface area contributed by atoms with E-state index in [1.807, 2.05) is 18.2 Å². The molecule has 2 N–H and O–H groups in total. The van der Waals surface area contributed by atoms with Crippen molar-refractivity contribution in [2.45, 2.75) is 25.4 Å². The van der Waals surface area contributed by atoms with Crippen LogP contribution in [0.25, 0.3) is 16.9 Å². The molecule has 136 valence electrons. The zero-order chi connectivity index (χ0) is 18.7. The van der Waals surface area contributed by atoms with Crippen molar-refractivity contribution in [3.8, 4) is 16.9 Å². The third-order valence-corrected chi connectivity index (χ3v) is 4.55. The highest BCUT2D eigenvalue weighted by atomic mass is 35.5. The van der Waals surface area contributed by atoms with Crippen LogP contribution in [-0.4, -0.2) is 26.6 Å². The molecule has 0 saturated carbocycles. The van der Waals surface area contributed by atoms with E-state index < -0.39 is 5.60 Å². The third-order valence-electron chi connectivity index (χ3n) is 4.29. The fourth-order valence-electron chi connectivity index (χ4n) is 2.80. The molecule has 3 aromatic rings. The van der Waals surface area contributed by atoms with E-state index in [-0.39, 0.29) is 12.4 Å². The Morgan fingerprint density at radius 3 is 2.38 bits per heavy atom. The Morgan fingerprint density at radius 1 is 1.12 bits per heavy atom. The molecule has 2 aromatic carbocycles. The standard InChI is InChI=1S/C20H20ClFN2O2/c1-20(26,11-2-12-25)19-13-18(14-3-5-15(21)6-4-14)24(23-19)17-9-7-16(22)8-10-17/h3-10,13,25-26H,2,11-12H2,1H3. The van der Waals surface area contributed by atoms with Gasteiger partial charge in [-0.1, -0.05) is 23.7 Å². The Hall–Kier alpha value is -2.21. The molecule has 0 spiro atoms. The maximum atomic E-state index is 13.3. The molecule has 0 aliphatic carbocycles. The van der Waals surface area contributed by atoms with Crippen LogP contribution in [0.5, 0.6) is 0 Å². The molecule has 26 heavy (non-hydrogen) atoms. The summed E-state index contributed by atoms with van der Waals surface area (Å²) in [4.78, 5) is 0. The largest absolute Gasteiger partial charge is 0.396 e. The number of benzene rings is 2. The number of nitrogens with zero attached hydrogens (tertiary/aromatic N) is 2. The van der Waals surface area contributed by atoms with Crippen molar-refractivity contribution < 1.29 is 14.6 Å². The molecule has 0 aliphatic heterocycles. The van der Waals surface area contributed by atoms with Crippen molar-refractivity contribution >= 4 is 11.6 Å². The lowest BCUT2D eigenvalue weighted by Crippen LogP contribution is -2.22. The summed E-state index contributed by atoms with van der Waals surface area (Å²) in [5.74, 6) is -0.330. The number of aliphatic hydroxyl groups is 2. The molecular weight excluding hydrogens is 355 g/mol. The highest BCUT2D eigenvalue weighted by Crippen LogP contribution is 2.31. The van der Waals surface area contributed by atoms with Gasteiger partial charge in [-0.15, -0.1) is 0 Å². The van der Waals surface area contributed by atoms with Gasteiger partial charge < -0.3 is 10.2 Å². The second-order valence-corrected chi connectivity index (χ2v) is 6.85. The lowest BCUT2D eigenvalue weighted by molar-refractivity contribution is 0.0357. The van der Waals surface area contributed by atoms with Crippen LogP contribution in [0, 0.1) is 5.82 Å². The molecule has 0 radical (unpaired) electrons. The first-order valence-corrected chi connectivity index (χ1v) is 8.74. The van der Waals surface area contributed by atoms with Crippen LogP contribution >= 0.6 is 11.6 Å². The predicted octanol–water partition coefficient (Wildman–Crippen LogP) is 4.31. The fraction of sp³-hybridized carbons (Fsp3) is 0.250. The summed E-state index contributed by atoms with van der Waals surface area (Å²) in [6.45, 7) is 1.67. The van der Waals surface area contributed by atoms with Gasteiger partial charge in [-0.3, -0.25) is 0 Å². The Kier molecular flexibility index (Phi) is 5.41. The molecule has 4 nitrogen and oxygen atoms in total. The summed E-state index contributed by atoms with van der Waals surface area (Å²) >= 11 is 5.98. The Labute approximate surface area is 156 Å². The number of hydrogen-bond donors (Lipinski definition) is 2. The van der Waals surface area contributed by atoms with Crippen LogP contribution in [0.3, 0.4) is 0 Å². The molecule has 1 heterocycles. The van der Waals surface area contributed by atoms with Crippen molar-refractivity contribution in [2.24, 2.45) is 0 Å². The molecule has 1 unspecified atom stereocenters. The van der Waals surface area contributed by atoms with E-state index >= 15 is 0 Å². The minimum absolute atomic E-state index is 0.00113. The van der Waals surface area contributed by atoms with Crippen LogP contribution < -0.4 is 0 Å². The van der Waals surface area contributed by atoms with E-state index in [0.717, 1.165) is 11.3 Å². The normalized spacial score (nSPS) is 13.6. The van der Waals surface area contributed by atoms with Crippen LogP contribution in [0.1, 0.15) is 25.5 Å². The second kappa shape index (κ2) is 7.58. The maximum Gasteiger partial charge on any atom is 0.123 e. The summed E-state index contributed by atoms with van der Waals surface area (Å²) in [6.07, 6.45) is 0.844. The SMILES string of the molecule is CC(O)(CCCO)c1cc(-c2ccc(Cl)cc2)n(-c2ccc(F)cc2)n1. The van der Waals surface area contributed by atoms with Gasteiger partial charge >= 0.3 is 0 Å². The molecule has 3 rings (SSSR count). The smallest absolute Gasteiger partial charge is 0.123 e. The molecule has 6 heteroatoms. The number of halogens is 2. The van der Waals surface area contributed by atoms with Crippen LogP contribution in [0.2, 0.25) is 5.02 Å². The first kappa shape index (κ1) is 18.6. The average molecular weight is 375 g/mol. The first-order chi connectivity index (χ1) is 12.4. The van der Waals surface area contributed by atoms with E-state index in [4.69, 9.17) is 16.7 Å². The lowest BCUT2D eigenvalue weighted by atomic mass is 9.96. The van der Waals surface area contributed by atoms with Gasteiger partial charge in [-0.25, -0.2) is 9.07 Å². The average Bonchev–Trinajstić information content (AvgIpc) is 3.07. The van der Waals surface area contributed by atoms with Gasteiger partial charge in [0.25, 0.3) is 0 Å². The molecule has 0 amide bonds. The zero-order valence-corrected chi connectivity index (χ0v) is 15.1. The summed E-state index contributed by atoms with van der Waals surface area (Å²) in [7, 11) is 0. The Bertz CT molecular complexity index is 811. The molecule has 0 aliphatic rings. The van der Waals surface area contributed by atoms with E-state index in [2.05, 4.69) is 5.10 Å². The molecule has 1 atom stereocenters. The first-order valence-electron chi connectivity index (χ1n) is 8.36. The maximum absolute atomic E-state index is 13.3. The van der Waals surface area contributed by atoms with Crippen molar-refractivity contribution in [1.82, 2.24) is 9.78 Å². The van der Waals surface area contributed by atoms with Gasteiger partial charge in [-0.05, 0) is 62.2 Å². The summed E-state index contributed by atoms with van der Waals surface area (Å²) in [6, 6.07) is 15.1. The number of aromatic nitrogens is 2. The van der Waals surface area contributed by atoms with Gasteiger partial charge in [0, 0.05) is 17.2 Å². The number of rotatable bonds is 6. The van der Waals surface area contributed by atoms with Gasteiger partial charge in [0.05, 0.1) is 17.1 Å². The highest BCUT2D eigenvalue weighted by Gasteiger charge is 2.27. The highest BCUT2D eigenvalue weighted by molar-refractivity contribution is 6.30. The van der Waals surface area contributed by atoms with Crippen LogP contribution in [0.15, 0.2) is 54.6 Å². The Balaban J connectivity index is 2.11. The van der Waals surface area contributed by atoms with Gasteiger partial charge in [0.15, 0.2) is 0 Å². The number of aliphatic hydroxyl groups excluding tert-OH is 1. The van der Waals surface area contributed by atoms with Crippen molar-refractivity contribution in [1.29, 1.82) is 0 Å². The van der Waals surface area contributed by atoms with Gasteiger partial charge in [0.1, 0.15) is 11.4 Å². The van der Waals surface area contributed by atoms with E-state index in [0.29, 0.717) is 29.2 Å². The minimum Gasteiger partial charge on any atom is -0.396 e. The summed E-state index contributed by atoms with van der Waals surface area (Å²) in [5.41, 5.74) is 1.61. The van der Waals surface area contributed by atoms with E-state index in [1.54, 1.807) is 35.9 Å². The molecule has 0 saturated heterocycles. The quantitative estimate of drug-likeness (QED) is 0.675. The van der Waals surface area contributed by atoms with Crippen molar-refractivity contribution in [3.05, 3.63) is 71.1 Å². The van der Waals surface area contributed by atoms with Gasteiger partial charge in [0.2, 0.25) is 0 Å². The summed E-state index contributed by atoms with van der Waals surface area (Å²) in [5, 5.41) is 25.0. The van der Waals surface area contributed by atoms with Gasteiger partial charge in [-0.2, -0.15) is 5.10 Å². The third kappa shape index (κ3) is 3.96. The molecule has 0 fully saturated rings. The topological polar surface area (TPSA) is 58.3 Å². The van der Waals surface area contributed by atoms with Crippen LogP contribution in [0.4, 0.5) is 4.39 Å². The molecular formula is C20H20ClFN2O2. The molecule has 0 bridgehead atoms. The summed E-state index contributed by atoms with van der Waals surface area (Å²) < 4.78 is 15.0. The van der Waals surface area contributed by atoms with Crippen LogP contribution in [-0.2, 0) is 5.60 Å². The lowest BCUT2D eigenvalue weighted by Gasteiger charge is -2.20. The van der Waals surface area contributed by atoms with E-state index in [9.17, 15) is 9.50 Å². The second-order valence-electron chi connectivity index (χ2n) is 6.41. The fourth-order valence-corrected chi connectivity index (χ4v) is 2.93.